The Morgan fingerprint density at radius 2 is 1.07 bits per heavy atom. The fourth-order valence-corrected chi connectivity index (χ4v) is 12.3. The van der Waals surface area contributed by atoms with Crippen molar-refractivity contribution in [3.05, 3.63) is 113 Å². The van der Waals surface area contributed by atoms with E-state index in [1.807, 2.05) is 0 Å². The minimum absolute atomic E-state index is 0. The molecule has 0 saturated carbocycles. The molecule has 0 radical (unpaired) electrons. The Morgan fingerprint density at radius 1 is 0.675 bits per heavy atom. The largest absolute Gasteiger partial charge is 4.00 e. The molecule has 3 aromatic rings. The fourth-order valence-electron chi connectivity index (χ4n) is 6.27. The molecule has 0 N–H and O–H groups in total. The second-order valence-electron chi connectivity index (χ2n) is 11.1. The van der Waals surface area contributed by atoms with Gasteiger partial charge in [-0.3, -0.25) is 6.08 Å². The quantitative estimate of drug-likeness (QED) is 0.169. The van der Waals surface area contributed by atoms with Crippen molar-refractivity contribution in [1.29, 1.82) is 0 Å². The first kappa shape index (κ1) is 38.9. The van der Waals surface area contributed by atoms with Gasteiger partial charge in [0.25, 0.3) is 0 Å². The van der Waals surface area contributed by atoms with E-state index in [0.717, 1.165) is 12.8 Å². The molecular formula is C35H43Cl3SiTi. The van der Waals surface area contributed by atoms with E-state index in [9.17, 15) is 0 Å². The van der Waals surface area contributed by atoms with Crippen LogP contribution in [0.2, 0.25) is 5.04 Å². The van der Waals surface area contributed by atoms with E-state index >= 15 is 0 Å². The molecule has 5 heteroatoms. The Bertz CT molecular complexity index is 1220. The normalized spacial score (nSPS) is 17.9. The second-order valence-corrected chi connectivity index (χ2v) is 15.3. The molecule has 0 heterocycles. The number of rotatable bonds is 8. The number of allylic oxidation sites excluding steroid dienone is 4. The van der Waals surface area contributed by atoms with Crippen LogP contribution >= 0.6 is 0 Å². The van der Waals surface area contributed by atoms with Crippen molar-refractivity contribution < 1.29 is 58.9 Å². The van der Waals surface area contributed by atoms with Gasteiger partial charge in [-0.1, -0.05) is 132 Å². The molecule has 4 rings (SSSR count). The molecule has 0 spiro atoms. The maximum Gasteiger partial charge on any atom is 4.00 e. The average molecular weight is 646 g/mol. The Labute approximate surface area is 278 Å². The molecule has 0 aromatic heterocycles. The van der Waals surface area contributed by atoms with Crippen molar-refractivity contribution in [2.24, 2.45) is 0 Å². The van der Waals surface area contributed by atoms with Crippen LogP contribution in [-0.2, 0) is 21.7 Å². The topological polar surface area (TPSA) is 0 Å². The van der Waals surface area contributed by atoms with E-state index in [1.165, 1.54) is 43.4 Å². The van der Waals surface area contributed by atoms with Crippen LogP contribution in [-0.4, -0.2) is 8.07 Å². The van der Waals surface area contributed by atoms with Gasteiger partial charge >= 0.3 is 21.7 Å². The SMILES string of the molecule is CCC(C)c1cc(C(C)CC)cc([Si](c2ccccc2)(c2ccccc2)C2(C)[C-]=C(C)C(C)=C2C)c1.[Cl-].[Cl-].[Cl-].[Ti+4]. The summed E-state index contributed by atoms with van der Waals surface area (Å²) in [5, 5.41) is 4.25. The minimum Gasteiger partial charge on any atom is -1.00 e. The van der Waals surface area contributed by atoms with E-state index in [2.05, 4.69) is 140 Å². The summed E-state index contributed by atoms with van der Waals surface area (Å²) in [5.41, 5.74) is 7.14. The zero-order chi connectivity index (χ0) is 26.1. The first-order chi connectivity index (χ1) is 17.2. The molecule has 3 aromatic carbocycles. The molecule has 0 fully saturated rings. The van der Waals surface area contributed by atoms with Gasteiger partial charge < -0.3 is 37.2 Å². The zero-order valence-corrected chi connectivity index (χ0v) is 30.0. The maximum atomic E-state index is 4.10. The smallest absolute Gasteiger partial charge is 1.00 e. The minimum atomic E-state index is -2.63. The molecule has 212 valence electrons. The van der Waals surface area contributed by atoms with Gasteiger partial charge in [-0.2, -0.15) is 11.1 Å². The van der Waals surface area contributed by atoms with Gasteiger partial charge in [-0.25, -0.2) is 5.57 Å². The summed E-state index contributed by atoms with van der Waals surface area (Å²) in [6.07, 6.45) is 6.39. The third kappa shape index (κ3) is 6.61. The van der Waals surface area contributed by atoms with E-state index in [0.29, 0.717) is 11.8 Å². The molecule has 3 atom stereocenters. The van der Waals surface area contributed by atoms with Crippen molar-refractivity contribution in [3.63, 3.8) is 0 Å². The van der Waals surface area contributed by atoms with Gasteiger partial charge in [-0.15, -0.1) is 6.92 Å². The number of halogens is 3. The van der Waals surface area contributed by atoms with Crippen LogP contribution in [0.3, 0.4) is 0 Å². The Hall–Kier alpha value is -1.06. The Kier molecular flexibility index (Phi) is 15.5. The molecule has 40 heavy (non-hydrogen) atoms. The van der Waals surface area contributed by atoms with Gasteiger partial charge in [0.15, 0.2) is 0 Å². The Balaban J connectivity index is 0.00000380. The Morgan fingerprint density at radius 3 is 1.40 bits per heavy atom. The van der Waals surface area contributed by atoms with Gasteiger partial charge in [0.05, 0.1) is 0 Å². The van der Waals surface area contributed by atoms with Crippen LogP contribution in [0.4, 0.5) is 0 Å². The molecule has 3 unspecified atom stereocenters. The third-order valence-electron chi connectivity index (χ3n) is 9.25. The van der Waals surface area contributed by atoms with Crippen LogP contribution in [0.1, 0.15) is 91.2 Å². The standard InChI is InChI=1S/C35H43Si.3ClH.Ti/c1-9-25(3)30-21-31(26(4)10-2)23-34(22-30)36(32-17-13-11-14-18-32,33-19-15-12-16-20-33)35(8)24-27(5)28(6)29(35)7;;;;/h11-23,25-26H,9-10H2,1-8H3;3*1H;/q-1;;;;+4/p-3. The molecular weight excluding hydrogens is 603 g/mol. The van der Waals surface area contributed by atoms with E-state index in [4.69, 9.17) is 0 Å². The molecule has 0 amide bonds. The van der Waals surface area contributed by atoms with Gasteiger partial charge in [0.1, 0.15) is 8.07 Å². The fraction of sp³-hybridized carbons (Fsp3) is 0.371. The first-order valence-electron chi connectivity index (χ1n) is 13.8. The summed E-state index contributed by atoms with van der Waals surface area (Å²) >= 11 is 0. The first-order valence-corrected chi connectivity index (χ1v) is 15.8. The summed E-state index contributed by atoms with van der Waals surface area (Å²) in [6, 6.07) is 30.5. The van der Waals surface area contributed by atoms with E-state index in [1.54, 1.807) is 0 Å². The van der Waals surface area contributed by atoms with Gasteiger partial charge in [-0.05, 0) is 51.4 Å². The van der Waals surface area contributed by atoms with Gasteiger partial charge in [0, 0.05) is 0 Å². The van der Waals surface area contributed by atoms with E-state index < -0.39 is 8.07 Å². The van der Waals surface area contributed by atoms with Crippen molar-refractivity contribution in [2.75, 3.05) is 0 Å². The summed E-state index contributed by atoms with van der Waals surface area (Å²) in [7, 11) is -2.63. The predicted octanol–water partition coefficient (Wildman–Crippen LogP) is -0.947. The number of hydrogen-bond acceptors (Lipinski definition) is 0. The third-order valence-corrected chi connectivity index (χ3v) is 14.8. The molecule has 1 aliphatic rings. The summed E-state index contributed by atoms with van der Waals surface area (Å²) in [6.45, 7) is 18.8. The van der Waals surface area contributed by atoms with Crippen molar-refractivity contribution in [3.8, 4) is 0 Å². The summed E-state index contributed by atoms with van der Waals surface area (Å²) in [5.74, 6) is 1.06. The number of benzene rings is 3. The summed E-state index contributed by atoms with van der Waals surface area (Å²) in [4.78, 5) is 0. The molecule has 1 aliphatic carbocycles. The van der Waals surface area contributed by atoms with Crippen LogP contribution in [0.25, 0.3) is 0 Å². The van der Waals surface area contributed by atoms with Gasteiger partial charge in [0.2, 0.25) is 0 Å². The van der Waals surface area contributed by atoms with Crippen LogP contribution in [0.5, 0.6) is 0 Å². The molecule has 0 nitrogen and oxygen atoms in total. The zero-order valence-electron chi connectivity index (χ0n) is 25.2. The average Bonchev–Trinajstić information content (AvgIpc) is 3.11. The second kappa shape index (κ2) is 16.0. The van der Waals surface area contributed by atoms with Crippen LogP contribution in [0, 0.1) is 6.08 Å². The molecule has 0 bridgehead atoms. The predicted molar refractivity (Wildman–Crippen MR) is 161 cm³/mol. The van der Waals surface area contributed by atoms with Crippen molar-refractivity contribution in [2.45, 2.75) is 85.1 Å². The van der Waals surface area contributed by atoms with Crippen molar-refractivity contribution >= 4 is 23.6 Å². The monoisotopic (exact) mass is 644 g/mol. The maximum absolute atomic E-state index is 4.10. The van der Waals surface area contributed by atoms with Crippen LogP contribution < -0.4 is 52.8 Å². The number of hydrogen-bond donors (Lipinski definition) is 0. The van der Waals surface area contributed by atoms with Crippen molar-refractivity contribution in [1.82, 2.24) is 0 Å². The van der Waals surface area contributed by atoms with Crippen LogP contribution in [0.15, 0.2) is 95.6 Å². The molecule has 0 aliphatic heterocycles. The summed E-state index contributed by atoms with van der Waals surface area (Å²) < 4.78 is 0. The van der Waals surface area contributed by atoms with E-state index in [-0.39, 0.29) is 64.0 Å². The molecule has 0 saturated heterocycles.